The van der Waals surface area contributed by atoms with Gasteiger partial charge in [-0.15, -0.1) is 0 Å². The molecule has 0 bridgehead atoms. The number of halogens is 1. The number of hydrogen-bond donors (Lipinski definition) is 3. The molecule has 4 heterocycles. The zero-order valence-corrected chi connectivity index (χ0v) is 24.0. The highest BCUT2D eigenvalue weighted by Gasteiger charge is 2.30. The number of fused-ring (bicyclic) bond motifs is 1. The monoisotopic (exact) mass is 591 g/mol. The Morgan fingerprint density at radius 2 is 2.00 bits per heavy atom. The van der Waals surface area contributed by atoms with Crippen molar-refractivity contribution in [2.45, 2.75) is 50.4 Å². The molecule has 2 fully saturated rings. The summed E-state index contributed by atoms with van der Waals surface area (Å²) in [6.45, 7) is 2.06. The topological polar surface area (TPSA) is 126 Å². The number of amides is 2. The van der Waals surface area contributed by atoms with Crippen molar-refractivity contribution in [2.24, 2.45) is 0 Å². The maximum absolute atomic E-state index is 13.3. The van der Waals surface area contributed by atoms with Crippen LogP contribution in [0.3, 0.4) is 0 Å². The molecule has 0 aliphatic carbocycles. The number of nitrogens with one attached hydrogen (secondary N) is 2. The molecule has 2 aromatic carbocycles. The van der Waals surface area contributed by atoms with Crippen LogP contribution in [-0.4, -0.2) is 70.8 Å². The summed E-state index contributed by atoms with van der Waals surface area (Å²) < 4.78 is 11.2. The molecule has 0 spiro atoms. The third-order valence-corrected chi connectivity index (χ3v) is 8.30. The van der Waals surface area contributed by atoms with Crippen LogP contribution in [0.25, 0.3) is 11.3 Å². The minimum atomic E-state index is -0.589. The number of aliphatic hydroxyl groups is 1. The first kappa shape index (κ1) is 28.5. The van der Waals surface area contributed by atoms with Gasteiger partial charge in [0, 0.05) is 43.5 Å². The highest BCUT2D eigenvalue weighted by molar-refractivity contribution is 6.33. The number of anilines is 1. The summed E-state index contributed by atoms with van der Waals surface area (Å²) >= 11 is 6.47. The highest BCUT2D eigenvalue weighted by Crippen LogP contribution is 2.32. The molecular formula is C31H34ClN5O5. The molecular weight excluding hydrogens is 558 g/mol. The number of nitrogens with zero attached hydrogens (tertiary/aromatic N) is 3. The van der Waals surface area contributed by atoms with Crippen molar-refractivity contribution in [3.05, 3.63) is 75.9 Å². The largest absolute Gasteiger partial charge is 0.394 e. The predicted molar refractivity (Wildman–Crippen MR) is 157 cm³/mol. The van der Waals surface area contributed by atoms with Crippen molar-refractivity contribution in [3.8, 4) is 11.3 Å². The quantitative estimate of drug-likeness (QED) is 0.340. The fourth-order valence-electron chi connectivity index (χ4n) is 5.76. The van der Waals surface area contributed by atoms with Crippen molar-refractivity contribution in [1.82, 2.24) is 20.2 Å². The normalized spacial score (nSPS) is 19.5. The van der Waals surface area contributed by atoms with Gasteiger partial charge in [0.2, 0.25) is 11.9 Å². The van der Waals surface area contributed by atoms with Crippen LogP contribution in [-0.2, 0) is 20.8 Å². The second-order valence-electron chi connectivity index (χ2n) is 10.9. The van der Waals surface area contributed by atoms with Crippen LogP contribution in [0.2, 0.25) is 5.02 Å². The van der Waals surface area contributed by atoms with Crippen molar-refractivity contribution in [3.63, 3.8) is 0 Å². The Kier molecular flexibility index (Phi) is 8.66. The average molecular weight is 592 g/mol. The van der Waals surface area contributed by atoms with Crippen LogP contribution in [0.15, 0.2) is 48.7 Å². The van der Waals surface area contributed by atoms with Crippen LogP contribution in [0.4, 0.5) is 5.95 Å². The van der Waals surface area contributed by atoms with Crippen molar-refractivity contribution < 1.29 is 24.2 Å². The fraction of sp³-hybridized carbons (Fsp3) is 0.419. The summed E-state index contributed by atoms with van der Waals surface area (Å²) in [6, 6.07) is 12.9. The van der Waals surface area contributed by atoms with Gasteiger partial charge in [0.1, 0.15) is 6.54 Å². The second-order valence-corrected chi connectivity index (χ2v) is 11.3. The maximum atomic E-state index is 13.3. The Hall–Kier alpha value is -3.57. The van der Waals surface area contributed by atoms with Crippen molar-refractivity contribution in [1.29, 1.82) is 0 Å². The number of ether oxygens (including phenoxy) is 2. The Labute approximate surface area is 249 Å². The number of carbonyl (C=O) groups is 2. The van der Waals surface area contributed by atoms with Crippen molar-refractivity contribution >= 4 is 29.4 Å². The van der Waals surface area contributed by atoms with E-state index < -0.39 is 6.04 Å². The Morgan fingerprint density at radius 3 is 2.79 bits per heavy atom. The molecule has 220 valence electrons. The van der Waals surface area contributed by atoms with E-state index in [1.165, 1.54) is 4.90 Å². The first-order valence-corrected chi connectivity index (χ1v) is 14.8. The molecule has 1 unspecified atom stereocenters. The molecule has 11 heteroatoms. The summed E-state index contributed by atoms with van der Waals surface area (Å²) in [7, 11) is 0. The van der Waals surface area contributed by atoms with E-state index in [0.29, 0.717) is 47.6 Å². The zero-order valence-electron chi connectivity index (χ0n) is 23.2. The molecule has 1 aromatic heterocycles. The van der Waals surface area contributed by atoms with E-state index in [0.717, 1.165) is 49.0 Å². The van der Waals surface area contributed by atoms with E-state index in [1.54, 1.807) is 12.3 Å². The third-order valence-electron chi connectivity index (χ3n) is 8.03. The Balaban J connectivity index is 1.12. The lowest BCUT2D eigenvalue weighted by Gasteiger charge is -2.23. The molecule has 2 saturated heterocycles. The van der Waals surface area contributed by atoms with Crippen LogP contribution in [0.5, 0.6) is 0 Å². The number of hydrogen-bond acceptors (Lipinski definition) is 8. The molecule has 3 aliphatic rings. The lowest BCUT2D eigenvalue weighted by atomic mass is 10.00. The molecule has 3 N–H and O–H groups in total. The van der Waals surface area contributed by atoms with E-state index in [-0.39, 0.29) is 37.1 Å². The van der Waals surface area contributed by atoms with Gasteiger partial charge in [-0.25, -0.2) is 9.97 Å². The van der Waals surface area contributed by atoms with Crippen molar-refractivity contribution in [2.75, 3.05) is 38.3 Å². The standard InChI is InChI=1S/C31H34ClN5O5/c32-25-15-33-31(34-23-8-11-41-12-9-23)36-29(25)21-6-7-22-16-37(30(40)24(22)14-21)17-28(39)35-26(18-38)19-3-1-4-20(13-19)27-5-2-10-42-27/h1,3-4,6-7,13-15,23,26-27,38H,2,5,8-12,16-18H2,(H,35,39)(H,33,34,36)/t26-,27?/m1/s1. The number of aliphatic hydroxyl groups excluding tert-OH is 1. The van der Waals surface area contributed by atoms with Crippen LogP contribution < -0.4 is 10.6 Å². The molecule has 42 heavy (non-hydrogen) atoms. The van der Waals surface area contributed by atoms with E-state index >= 15 is 0 Å². The molecule has 2 amide bonds. The smallest absolute Gasteiger partial charge is 0.254 e. The van der Waals surface area contributed by atoms with Crippen LogP contribution in [0, 0.1) is 0 Å². The number of carbonyl (C=O) groups excluding carboxylic acids is 2. The summed E-state index contributed by atoms with van der Waals surface area (Å²) in [4.78, 5) is 36.8. The second kappa shape index (κ2) is 12.7. The molecule has 0 radical (unpaired) electrons. The highest BCUT2D eigenvalue weighted by atomic mass is 35.5. The molecule has 2 atom stereocenters. The van der Waals surface area contributed by atoms with Gasteiger partial charge in [-0.2, -0.15) is 0 Å². The fourth-order valence-corrected chi connectivity index (χ4v) is 5.96. The van der Waals surface area contributed by atoms with E-state index in [9.17, 15) is 14.7 Å². The van der Waals surface area contributed by atoms with Gasteiger partial charge < -0.3 is 30.1 Å². The number of rotatable bonds is 9. The molecule has 10 nitrogen and oxygen atoms in total. The first-order chi connectivity index (χ1) is 20.5. The van der Waals surface area contributed by atoms with Gasteiger partial charge in [-0.1, -0.05) is 48.0 Å². The lowest BCUT2D eigenvalue weighted by molar-refractivity contribution is -0.122. The maximum Gasteiger partial charge on any atom is 0.254 e. The molecule has 0 saturated carbocycles. The Morgan fingerprint density at radius 1 is 1.14 bits per heavy atom. The minimum absolute atomic E-state index is 0.0395. The minimum Gasteiger partial charge on any atom is -0.394 e. The van der Waals surface area contributed by atoms with Crippen LogP contribution in [0.1, 0.15) is 64.9 Å². The van der Waals surface area contributed by atoms with Gasteiger partial charge in [-0.3, -0.25) is 9.59 Å². The first-order valence-electron chi connectivity index (χ1n) is 14.4. The summed E-state index contributed by atoms with van der Waals surface area (Å²) in [5, 5.41) is 16.7. The average Bonchev–Trinajstić information content (AvgIpc) is 3.66. The molecule has 3 aromatic rings. The lowest BCUT2D eigenvalue weighted by Crippen LogP contribution is -2.40. The Bertz CT molecular complexity index is 1460. The molecule has 6 rings (SSSR count). The van der Waals surface area contributed by atoms with Gasteiger partial charge in [0.25, 0.3) is 5.91 Å². The SMILES string of the molecule is O=C(CN1Cc2ccc(-c3nc(NC4CCOCC4)ncc3Cl)cc2C1=O)N[C@H](CO)c1cccc(C2CCCO2)c1. The van der Waals surface area contributed by atoms with Gasteiger partial charge in [0.05, 0.1) is 35.7 Å². The summed E-state index contributed by atoms with van der Waals surface area (Å²) in [6.07, 6.45) is 5.32. The van der Waals surface area contributed by atoms with Gasteiger partial charge >= 0.3 is 0 Å². The van der Waals surface area contributed by atoms with Crippen LogP contribution >= 0.6 is 11.6 Å². The van der Waals surface area contributed by atoms with Gasteiger partial charge in [0.15, 0.2) is 0 Å². The zero-order chi connectivity index (χ0) is 29.1. The van der Waals surface area contributed by atoms with E-state index in [1.807, 2.05) is 36.4 Å². The van der Waals surface area contributed by atoms with Gasteiger partial charge in [-0.05, 0) is 48.4 Å². The predicted octanol–water partition coefficient (Wildman–Crippen LogP) is 4.05. The van der Waals surface area contributed by atoms with E-state index in [4.69, 9.17) is 21.1 Å². The number of aromatic nitrogens is 2. The number of benzene rings is 2. The van der Waals surface area contributed by atoms with E-state index in [2.05, 4.69) is 20.6 Å². The summed E-state index contributed by atoms with van der Waals surface area (Å²) in [5.74, 6) is -0.111. The third kappa shape index (κ3) is 6.27. The summed E-state index contributed by atoms with van der Waals surface area (Å²) in [5.41, 5.74) is 4.40. The molecule has 3 aliphatic heterocycles.